The second-order valence-electron chi connectivity index (χ2n) is 5.01. The number of oxime groups is 1. The normalized spacial score (nSPS) is 28.5. The summed E-state index contributed by atoms with van der Waals surface area (Å²) in [6.07, 6.45) is 1.52. The Kier molecular flexibility index (Phi) is 3.23. The monoisotopic (exact) mass is 259 g/mol. The molecule has 4 nitrogen and oxygen atoms in total. The van der Waals surface area contributed by atoms with E-state index >= 15 is 0 Å². The van der Waals surface area contributed by atoms with Crippen LogP contribution in [0.25, 0.3) is 0 Å². The maximum Gasteiger partial charge on any atom is 0.309 e. The maximum absolute atomic E-state index is 11.8. The Hall–Kier alpha value is -1.84. The predicted molar refractivity (Wildman–Crippen MR) is 70.7 cm³/mol. The summed E-state index contributed by atoms with van der Waals surface area (Å²) in [6.45, 7) is 2.27. The first-order valence-corrected chi connectivity index (χ1v) is 6.75. The van der Waals surface area contributed by atoms with E-state index < -0.39 is 0 Å². The second-order valence-corrected chi connectivity index (χ2v) is 5.01. The average Bonchev–Trinajstić information content (AvgIpc) is 2.99. The molecule has 0 radical (unpaired) electrons. The smallest absolute Gasteiger partial charge is 0.309 e. The number of carbonyl (C=O) groups excluding carboxylic acids is 1. The van der Waals surface area contributed by atoms with Crippen LogP contribution < -0.4 is 0 Å². The van der Waals surface area contributed by atoms with Gasteiger partial charge in [-0.05, 0) is 18.9 Å². The van der Waals surface area contributed by atoms with Gasteiger partial charge in [0, 0.05) is 12.3 Å². The minimum atomic E-state index is -0.104. The summed E-state index contributed by atoms with van der Waals surface area (Å²) in [7, 11) is 0. The molecule has 1 aromatic rings. The molecule has 0 N–H and O–H groups in total. The van der Waals surface area contributed by atoms with Crippen molar-refractivity contribution in [3.63, 3.8) is 0 Å². The van der Waals surface area contributed by atoms with E-state index in [0.29, 0.717) is 13.0 Å². The van der Waals surface area contributed by atoms with E-state index in [-0.39, 0.29) is 23.9 Å². The highest BCUT2D eigenvalue weighted by atomic mass is 16.6. The fourth-order valence-electron chi connectivity index (χ4n) is 2.92. The summed E-state index contributed by atoms with van der Waals surface area (Å²) in [4.78, 5) is 17.3. The van der Waals surface area contributed by atoms with Crippen molar-refractivity contribution in [2.24, 2.45) is 17.0 Å². The third-order valence-corrected chi connectivity index (χ3v) is 3.83. The molecule has 3 atom stereocenters. The van der Waals surface area contributed by atoms with Gasteiger partial charge in [0.15, 0.2) is 0 Å². The van der Waals surface area contributed by atoms with Gasteiger partial charge in [0.1, 0.15) is 6.10 Å². The molecular formula is C15H17NO3. The molecule has 0 amide bonds. The van der Waals surface area contributed by atoms with Gasteiger partial charge in [-0.15, -0.1) is 0 Å². The van der Waals surface area contributed by atoms with Crippen LogP contribution in [0.15, 0.2) is 35.5 Å². The van der Waals surface area contributed by atoms with E-state index in [9.17, 15) is 4.79 Å². The molecule has 0 aromatic heterocycles. The molecular weight excluding hydrogens is 242 g/mol. The van der Waals surface area contributed by atoms with Gasteiger partial charge >= 0.3 is 5.97 Å². The lowest BCUT2D eigenvalue weighted by Crippen LogP contribution is -2.18. The highest BCUT2D eigenvalue weighted by Crippen LogP contribution is 2.40. The molecule has 0 bridgehead atoms. The fraction of sp³-hybridized carbons (Fsp3) is 0.467. The molecule has 1 fully saturated rings. The van der Waals surface area contributed by atoms with Crippen molar-refractivity contribution in [2.45, 2.75) is 25.9 Å². The van der Waals surface area contributed by atoms with Gasteiger partial charge in [0.25, 0.3) is 0 Å². The van der Waals surface area contributed by atoms with Crippen molar-refractivity contribution < 1.29 is 14.4 Å². The molecule has 3 unspecified atom stereocenters. The molecule has 4 heteroatoms. The van der Waals surface area contributed by atoms with E-state index in [4.69, 9.17) is 9.57 Å². The average molecular weight is 259 g/mol. The molecule has 1 heterocycles. The topological polar surface area (TPSA) is 47.9 Å². The Morgan fingerprint density at radius 3 is 2.89 bits per heavy atom. The summed E-state index contributed by atoms with van der Waals surface area (Å²) in [6, 6.07) is 10.0. The zero-order valence-electron chi connectivity index (χ0n) is 10.9. The molecule has 0 saturated heterocycles. The van der Waals surface area contributed by atoms with Crippen molar-refractivity contribution in [1.29, 1.82) is 0 Å². The number of benzene rings is 1. The van der Waals surface area contributed by atoms with Crippen LogP contribution in [0.3, 0.4) is 0 Å². The first kappa shape index (κ1) is 12.2. The summed E-state index contributed by atoms with van der Waals surface area (Å²) in [5.41, 5.74) is 2.05. The lowest BCUT2D eigenvalue weighted by atomic mass is 9.94. The first-order valence-electron chi connectivity index (χ1n) is 6.75. The fourth-order valence-corrected chi connectivity index (χ4v) is 2.92. The molecule has 1 saturated carbocycles. The zero-order valence-corrected chi connectivity index (χ0v) is 10.9. The summed E-state index contributed by atoms with van der Waals surface area (Å²) >= 11 is 0. The quantitative estimate of drug-likeness (QED) is 0.783. The lowest BCUT2D eigenvalue weighted by Gasteiger charge is -2.09. The Labute approximate surface area is 112 Å². The third kappa shape index (κ3) is 2.23. The number of fused-ring (bicyclic) bond motifs is 1. The number of hydrogen-bond acceptors (Lipinski definition) is 4. The van der Waals surface area contributed by atoms with Crippen LogP contribution in [-0.2, 0) is 14.4 Å². The van der Waals surface area contributed by atoms with Crippen LogP contribution in [0.2, 0.25) is 0 Å². The molecule has 3 rings (SSSR count). The van der Waals surface area contributed by atoms with Crippen molar-refractivity contribution >= 4 is 11.7 Å². The van der Waals surface area contributed by atoms with Gasteiger partial charge in [-0.3, -0.25) is 4.79 Å². The number of rotatable bonds is 3. The van der Waals surface area contributed by atoms with Crippen molar-refractivity contribution in [3.05, 3.63) is 35.9 Å². The minimum Gasteiger partial charge on any atom is -0.466 e. The molecule has 1 aliphatic heterocycles. The predicted octanol–water partition coefficient (Wildman–Crippen LogP) is 2.38. The number of nitrogens with zero attached hydrogens (tertiary/aromatic N) is 1. The highest BCUT2D eigenvalue weighted by molar-refractivity contribution is 6.03. The minimum absolute atomic E-state index is 0.0320. The van der Waals surface area contributed by atoms with E-state index in [0.717, 1.165) is 17.7 Å². The highest BCUT2D eigenvalue weighted by Gasteiger charge is 2.46. The molecule has 1 aromatic carbocycles. The SMILES string of the molecule is CCOC(=O)C1CC2ON=C(c3ccccc3)C2C1. The van der Waals surface area contributed by atoms with Crippen molar-refractivity contribution in [2.75, 3.05) is 6.61 Å². The number of ether oxygens (including phenoxy) is 1. The Morgan fingerprint density at radius 2 is 2.16 bits per heavy atom. The molecule has 19 heavy (non-hydrogen) atoms. The van der Waals surface area contributed by atoms with Gasteiger partial charge in [0.2, 0.25) is 0 Å². The first-order chi connectivity index (χ1) is 9.29. The van der Waals surface area contributed by atoms with Gasteiger partial charge in [-0.1, -0.05) is 35.5 Å². The Morgan fingerprint density at radius 1 is 1.37 bits per heavy atom. The van der Waals surface area contributed by atoms with Gasteiger partial charge in [-0.2, -0.15) is 0 Å². The standard InChI is InChI=1S/C15H17NO3/c1-2-18-15(17)11-8-12-13(9-11)19-16-14(12)10-6-4-3-5-7-10/h3-7,11-13H,2,8-9H2,1H3. The van der Waals surface area contributed by atoms with E-state index in [1.54, 1.807) is 0 Å². The maximum atomic E-state index is 11.8. The summed E-state index contributed by atoms with van der Waals surface area (Å²) < 4.78 is 5.10. The lowest BCUT2D eigenvalue weighted by molar-refractivity contribution is -0.148. The van der Waals surface area contributed by atoms with Gasteiger partial charge < -0.3 is 9.57 Å². The van der Waals surface area contributed by atoms with Crippen LogP contribution in [-0.4, -0.2) is 24.4 Å². The molecule has 1 aliphatic carbocycles. The van der Waals surface area contributed by atoms with Crippen LogP contribution in [0, 0.1) is 11.8 Å². The number of esters is 1. The number of hydrogen-bond donors (Lipinski definition) is 0. The summed E-state index contributed by atoms with van der Waals surface area (Å²) in [5, 5.41) is 4.19. The van der Waals surface area contributed by atoms with Crippen LogP contribution in [0.1, 0.15) is 25.3 Å². The number of carbonyl (C=O) groups is 1. The Balaban J connectivity index is 1.74. The van der Waals surface area contributed by atoms with Gasteiger partial charge in [0.05, 0.1) is 18.2 Å². The van der Waals surface area contributed by atoms with Crippen molar-refractivity contribution in [1.82, 2.24) is 0 Å². The molecule has 2 aliphatic rings. The second kappa shape index (κ2) is 5.03. The zero-order chi connectivity index (χ0) is 13.2. The molecule has 100 valence electrons. The van der Waals surface area contributed by atoms with E-state index in [1.165, 1.54) is 0 Å². The van der Waals surface area contributed by atoms with Gasteiger partial charge in [-0.25, -0.2) is 0 Å². The molecule has 0 spiro atoms. The van der Waals surface area contributed by atoms with E-state index in [1.807, 2.05) is 37.3 Å². The summed E-state index contributed by atoms with van der Waals surface area (Å²) in [5.74, 6) is 0.0638. The third-order valence-electron chi connectivity index (χ3n) is 3.83. The van der Waals surface area contributed by atoms with Crippen LogP contribution in [0.5, 0.6) is 0 Å². The largest absolute Gasteiger partial charge is 0.466 e. The van der Waals surface area contributed by atoms with Crippen LogP contribution >= 0.6 is 0 Å². The van der Waals surface area contributed by atoms with Crippen molar-refractivity contribution in [3.8, 4) is 0 Å². The van der Waals surface area contributed by atoms with E-state index in [2.05, 4.69) is 5.16 Å². The Bertz CT molecular complexity index is 497. The van der Waals surface area contributed by atoms with Crippen LogP contribution in [0.4, 0.5) is 0 Å².